The van der Waals surface area contributed by atoms with E-state index < -0.39 is 37.5 Å². The maximum absolute atomic E-state index is 12.5. The Morgan fingerprint density at radius 3 is 2.25 bits per heavy atom. The Balaban J connectivity index is 2.63. The highest BCUT2D eigenvalue weighted by Gasteiger charge is 2.45. The summed E-state index contributed by atoms with van der Waals surface area (Å²) in [5.41, 5.74) is 0. The summed E-state index contributed by atoms with van der Waals surface area (Å²) in [6.07, 6.45) is -9.81. The summed E-state index contributed by atoms with van der Waals surface area (Å²) >= 11 is 0. The lowest BCUT2D eigenvalue weighted by atomic mass is 10.0. The molecule has 1 aliphatic rings. The van der Waals surface area contributed by atoms with E-state index in [1.54, 1.807) is 0 Å². The van der Waals surface area contributed by atoms with Crippen molar-refractivity contribution in [3.63, 3.8) is 0 Å². The van der Waals surface area contributed by atoms with Crippen molar-refractivity contribution in [2.75, 3.05) is 6.67 Å². The monoisotopic (exact) mass is 186 g/mol. The van der Waals surface area contributed by atoms with Crippen LogP contribution < -0.4 is 0 Å². The smallest absolute Gasteiger partial charge is 0.233 e. The van der Waals surface area contributed by atoms with Crippen molar-refractivity contribution in [1.29, 1.82) is 0 Å². The number of aliphatic hydroxyl groups is 2. The summed E-state index contributed by atoms with van der Waals surface area (Å²) in [5.74, 6) is 0. The number of ether oxygens (including phenoxy) is 1. The van der Waals surface area contributed by atoms with E-state index in [4.69, 9.17) is 10.2 Å². The molecule has 5 unspecified atom stereocenters. The van der Waals surface area contributed by atoms with Crippen LogP contribution in [-0.2, 0) is 4.74 Å². The summed E-state index contributed by atoms with van der Waals surface area (Å²) in [4.78, 5) is 0. The molecule has 0 aromatic carbocycles. The molecule has 0 saturated carbocycles. The van der Waals surface area contributed by atoms with Crippen LogP contribution in [-0.4, -0.2) is 47.7 Å². The minimum atomic E-state index is -2.37. The number of hydrogen-bond donors (Lipinski definition) is 2. The van der Waals surface area contributed by atoms with Crippen LogP contribution in [0.4, 0.5) is 13.2 Å². The van der Waals surface area contributed by atoms with Gasteiger partial charge in [-0.3, -0.25) is 0 Å². The van der Waals surface area contributed by atoms with E-state index in [0.717, 1.165) is 0 Å². The van der Waals surface area contributed by atoms with Crippen molar-refractivity contribution in [3.05, 3.63) is 0 Å². The van der Waals surface area contributed by atoms with Crippen LogP contribution in [0.1, 0.15) is 0 Å². The molecule has 0 spiro atoms. The molecule has 0 amide bonds. The molecule has 6 heteroatoms. The van der Waals surface area contributed by atoms with Crippen LogP contribution in [0.2, 0.25) is 0 Å². The molecule has 1 heterocycles. The van der Waals surface area contributed by atoms with Gasteiger partial charge < -0.3 is 14.9 Å². The molecule has 1 aliphatic heterocycles. The zero-order valence-corrected chi connectivity index (χ0v) is 6.03. The van der Waals surface area contributed by atoms with Crippen molar-refractivity contribution in [1.82, 2.24) is 0 Å². The molecule has 1 fully saturated rings. The fourth-order valence-electron chi connectivity index (χ4n) is 1.01. The van der Waals surface area contributed by atoms with Crippen LogP contribution in [0.3, 0.4) is 0 Å². The van der Waals surface area contributed by atoms with Crippen molar-refractivity contribution >= 4 is 0 Å². The lowest BCUT2D eigenvalue weighted by Crippen LogP contribution is -2.55. The predicted molar refractivity (Wildman–Crippen MR) is 32.7 cm³/mol. The Kier molecular flexibility index (Phi) is 2.92. The standard InChI is InChI=1S/C6H9F3O3/c7-1-2-4(10)5(11)3(8)6(9)12-2/h2-6,10-11H,1H2. The average Bonchev–Trinajstić information content (AvgIpc) is 2.08. The molecule has 0 radical (unpaired) electrons. The highest BCUT2D eigenvalue weighted by molar-refractivity contribution is 4.88. The lowest BCUT2D eigenvalue weighted by molar-refractivity contribution is -0.242. The van der Waals surface area contributed by atoms with Gasteiger partial charge in [-0.15, -0.1) is 0 Å². The van der Waals surface area contributed by atoms with Gasteiger partial charge in [0.15, 0.2) is 6.17 Å². The molecular weight excluding hydrogens is 177 g/mol. The highest BCUT2D eigenvalue weighted by atomic mass is 19.2. The maximum Gasteiger partial charge on any atom is 0.233 e. The summed E-state index contributed by atoms with van der Waals surface area (Å²) in [6, 6.07) is 0. The Hall–Kier alpha value is -0.330. The van der Waals surface area contributed by atoms with Gasteiger partial charge in [0, 0.05) is 0 Å². The SMILES string of the molecule is OC1C(CF)OC(F)C(F)C1O. The summed E-state index contributed by atoms with van der Waals surface area (Å²) in [7, 11) is 0. The van der Waals surface area contributed by atoms with E-state index in [2.05, 4.69) is 4.74 Å². The van der Waals surface area contributed by atoms with E-state index >= 15 is 0 Å². The normalized spacial score (nSPS) is 49.2. The van der Waals surface area contributed by atoms with Crippen LogP contribution >= 0.6 is 0 Å². The molecular formula is C6H9F3O3. The second-order valence-corrected chi connectivity index (χ2v) is 2.61. The largest absolute Gasteiger partial charge is 0.387 e. The topological polar surface area (TPSA) is 49.7 Å². The minimum Gasteiger partial charge on any atom is -0.387 e. The Morgan fingerprint density at radius 2 is 1.75 bits per heavy atom. The lowest BCUT2D eigenvalue weighted by Gasteiger charge is -2.34. The molecule has 72 valence electrons. The second kappa shape index (κ2) is 3.59. The van der Waals surface area contributed by atoms with Gasteiger partial charge in [-0.1, -0.05) is 0 Å². The summed E-state index contributed by atoms with van der Waals surface area (Å²) in [5, 5.41) is 17.7. The summed E-state index contributed by atoms with van der Waals surface area (Å²) < 4.78 is 40.9. The van der Waals surface area contributed by atoms with Gasteiger partial charge in [0.25, 0.3) is 0 Å². The molecule has 5 atom stereocenters. The van der Waals surface area contributed by atoms with E-state index in [1.165, 1.54) is 0 Å². The quantitative estimate of drug-likeness (QED) is 0.591. The first-order chi connectivity index (χ1) is 5.57. The van der Waals surface area contributed by atoms with Crippen molar-refractivity contribution in [2.24, 2.45) is 0 Å². The number of aliphatic hydroxyl groups excluding tert-OH is 2. The van der Waals surface area contributed by atoms with Gasteiger partial charge in [-0.25, -0.2) is 13.2 Å². The maximum atomic E-state index is 12.5. The predicted octanol–water partition coefficient (Wildman–Crippen LogP) is -0.290. The van der Waals surface area contributed by atoms with E-state index in [0.29, 0.717) is 0 Å². The molecule has 1 saturated heterocycles. The number of hydrogen-bond acceptors (Lipinski definition) is 3. The van der Waals surface area contributed by atoms with Crippen molar-refractivity contribution < 1.29 is 28.1 Å². The second-order valence-electron chi connectivity index (χ2n) is 2.61. The van der Waals surface area contributed by atoms with Crippen LogP contribution in [0.25, 0.3) is 0 Å². The van der Waals surface area contributed by atoms with Gasteiger partial charge in [0.2, 0.25) is 6.36 Å². The first-order valence-corrected chi connectivity index (χ1v) is 3.43. The first kappa shape index (κ1) is 9.76. The van der Waals surface area contributed by atoms with Crippen LogP contribution in [0.5, 0.6) is 0 Å². The molecule has 3 nitrogen and oxygen atoms in total. The van der Waals surface area contributed by atoms with Crippen molar-refractivity contribution in [2.45, 2.75) is 30.8 Å². The number of rotatable bonds is 1. The van der Waals surface area contributed by atoms with Gasteiger partial charge in [0.1, 0.15) is 25.0 Å². The van der Waals surface area contributed by atoms with E-state index in [9.17, 15) is 13.2 Å². The van der Waals surface area contributed by atoms with Crippen LogP contribution in [0.15, 0.2) is 0 Å². The van der Waals surface area contributed by atoms with Gasteiger partial charge in [-0.05, 0) is 0 Å². The minimum absolute atomic E-state index is 1.16. The van der Waals surface area contributed by atoms with Crippen molar-refractivity contribution in [3.8, 4) is 0 Å². The molecule has 0 bridgehead atoms. The highest BCUT2D eigenvalue weighted by Crippen LogP contribution is 2.24. The number of halogens is 3. The molecule has 0 aliphatic carbocycles. The zero-order valence-electron chi connectivity index (χ0n) is 6.03. The molecule has 0 aromatic heterocycles. The molecule has 0 aromatic rings. The average molecular weight is 186 g/mol. The molecule has 1 rings (SSSR count). The van der Waals surface area contributed by atoms with Gasteiger partial charge in [0.05, 0.1) is 0 Å². The Bertz CT molecular complexity index is 152. The van der Waals surface area contributed by atoms with Crippen LogP contribution in [0, 0.1) is 0 Å². The molecule has 12 heavy (non-hydrogen) atoms. The third-order valence-corrected chi connectivity index (χ3v) is 1.76. The molecule has 2 N–H and O–H groups in total. The van der Waals surface area contributed by atoms with Gasteiger partial charge >= 0.3 is 0 Å². The third-order valence-electron chi connectivity index (χ3n) is 1.76. The Morgan fingerprint density at radius 1 is 1.17 bits per heavy atom. The fourth-order valence-corrected chi connectivity index (χ4v) is 1.01. The first-order valence-electron chi connectivity index (χ1n) is 3.43. The summed E-state index contributed by atoms with van der Waals surface area (Å²) in [6.45, 7) is -1.16. The van der Waals surface area contributed by atoms with Gasteiger partial charge in [-0.2, -0.15) is 0 Å². The van der Waals surface area contributed by atoms with E-state index in [1.807, 2.05) is 0 Å². The zero-order chi connectivity index (χ0) is 9.30. The number of alkyl halides is 3. The third kappa shape index (κ3) is 1.55. The fraction of sp³-hybridized carbons (Fsp3) is 1.00. The van der Waals surface area contributed by atoms with E-state index in [-0.39, 0.29) is 0 Å². The Labute approximate surface area is 66.8 Å².